The van der Waals surface area contributed by atoms with Crippen molar-refractivity contribution < 1.29 is 19.1 Å². The number of hydrogen-bond donors (Lipinski definition) is 1. The van der Waals surface area contributed by atoms with E-state index in [1.807, 2.05) is 27.7 Å². The van der Waals surface area contributed by atoms with Gasteiger partial charge in [-0.1, -0.05) is 0 Å². The van der Waals surface area contributed by atoms with Crippen molar-refractivity contribution in [2.75, 3.05) is 6.61 Å². The molecule has 5 heteroatoms. The average molecular weight is 299 g/mol. The van der Waals surface area contributed by atoms with Gasteiger partial charge >= 0.3 is 12.1 Å². The van der Waals surface area contributed by atoms with E-state index in [9.17, 15) is 9.59 Å². The van der Waals surface area contributed by atoms with Gasteiger partial charge in [0, 0.05) is 12.5 Å². The lowest BCUT2D eigenvalue weighted by Crippen LogP contribution is -2.40. The number of amides is 1. The minimum atomic E-state index is -0.457. The molecule has 1 rings (SSSR count). The maximum atomic E-state index is 11.7. The molecule has 0 bridgehead atoms. The highest BCUT2D eigenvalue weighted by Gasteiger charge is 2.25. The van der Waals surface area contributed by atoms with Crippen LogP contribution in [0.5, 0.6) is 0 Å². The quantitative estimate of drug-likeness (QED) is 0.790. The summed E-state index contributed by atoms with van der Waals surface area (Å²) in [6.45, 7) is 7.85. The molecule has 0 atom stereocenters. The molecular formula is C16H29NO4. The third-order valence-electron chi connectivity index (χ3n) is 3.63. The lowest BCUT2D eigenvalue weighted by Gasteiger charge is -2.30. The van der Waals surface area contributed by atoms with E-state index in [2.05, 4.69) is 5.32 Å². The van der Waals surface area contributed by atoms with Crippen LogP contribution in [0.3, 0.4) is 0 Å². The number of carbonyl (C=O) groups is 2. The van der Waals surface area contributed by atoms with Crippen LogP contribution in [0.2, 0.25) is 0 Å². The van der Waals surface area contributed by atoms with Gasteiger partial charge in [0.15, 0.2) is 0 Å². The van der Waals surface area contributed by atoms with Crippen LogP contribution in [-0.2, 0) is 14.3 Å². The first-order valence-corrected chi connectivity index (χ1v) is 7.95. The Labute approximate surface area is 127 Å². The monoisotopic (exact) mass is 299 g/mol. The molecule has 0 aromatic heterocycles. The van der Waals surface area contributed by atoms with E-state index >= 15 is 0 Å². The van der Waals surface area contributed by atoms with Crippen molar-refractivity contribution in [2.24, 2.45) is 5.92 Å². The van der Waals surface area contributed by atoms with Crippen molar-refractivity contribution in [3.63, 3.8) is 0 Å². The van der Waals surface area contributed by atoms with Gasteiger partial charge in [-0.15, -0.1) is 0 Å². The molecule has 1 aliphatic rings. The van der Waals surface area contributed by atoms with E-state index < -0.39 is 5.60 Å². The Kier molecular flexibility index (Phi) is 6.99. The van der Waals surface area contributed by atoms with Crippen LogP contribution in [0.4, 0.5) is 4.79 Å². The summed E-state index contributed by atoms with van der Waals surface area (Å²) in [5.74, 6) is 0.456. The Morgan fingerprint density at radius 2 is 1.76 bits per heavy atom. The van der Waals surface area contributed by atoms with E-state index in [4.69, 9.17) is 9.47 Å². The van der Waals surface area contributed by atoms with Gasteiger partial charge in [0.1, 0.15) is 5.60 Å². The predicted molar refractivity (Wildman–Crippen MR) is 81.0 cm³/mol. The van der Waals surface area contributed by atoms with Gasteiger partial charge in [-0.2, -0.15) is 0 Å². The van der Waals surface area contributed by atoms with Crippen molar-refractivity contribution in [3.8, 4) is 0 Å². The molecule has 0 aromatic carbocycles. The standard InChI is InChI=1S/C16H29NO4/c1-5-20-14(18)11-8-12-6-9-13(10-7-12)17-15(19)21-16(2,3)4/h12-13H,5-11H2,1-4H3,(H,17,19)/t12-,13-. The number of carbonyl (C=O) groups excluding carboxylic acids is 2. The maximum absolute atomic E-state index is 11.7. The summed E-state index contributed by atoms with van der Waals surface area (Å²) in [6.07, 6.45) is 5.04. The molecule has 0 unspecified atom stereocenters. The summed E-state index contributed by atoms with van der Waals surface area (Å²) in [4.78, 5) is 23.0. The molecule has 0 aromatic rings. The van der Waals surface area contributed by atoms with Gasteiger partial charge in [-0.25, -0.2) is 4.79 Å². The first kappa shape index (κ1) is 17.8. The largest absolute Gasteiger partial charge is 0.466 e. The number of ether oxygens (including phenoxy) is 2. The van der Waals surface area contributed by atoms with Crippen LogP contribution in [0.1, 0.15) is 66.2 Å². The minimum Gasteiger partial charge on any atom is -0.466 e. The van der Waals surface area contributed by atoms with Crippen molar-refractivity contribution in [1.29, 1.82) is 0 Å². The van der Waals surface area contributed by atoms with Crippen LogP contribution in [0.15, 0.2) is 0 Å². The summed E-state index contributed by atoms with van der Waals surface area (Å²) < 4.78 is 10.2. The second kappa shape index (κ2) is 8.25. The van der Waals surface area contributed by atoms with Crippen LogP contribution in [-0.4, -0.2) is 30.3 Å². The van der Waals surface area contributed by atoms with Crippen LogP contribution < -0.4 is 5.32 Å². The third kappa shape index (κ3) is 7.93. The van der Waals surface area contributed by atoms with Gasteiger partial charge in [0.2, 0.25) is 0 Å². The highest BCUT2D eigenvalue weighted by atomic mass is 16.6. The highest BCUT2D eigenvalue weighted by Crippen LogP contribution is 2.28. The number of nitrogens with one attached hydrogen (secondary N) is 1. The molecule has 1 saturated carbocycles. The third-order valence-corrected chi connectivity index (χ3v) is 3.63. The Bertz CT molecular complexity index is 341. The summed E-state index contributed by atoms with van der Waals surface area (Å²) in [5, 5.41) is 2.93. The average Bonchev–Trinajstić information content (AvgIpc) is 2.36. The highest BCUT2D eigenvalue weighted by molar-refractivity contribution is 5.69. The summed E-state index contributed by atoms with van der Waals surface area (Å²) in [5.41, 5.74) is -0.457. The SMILES string of the molecule is CCOC(=O)CC[C@H]1CC[C@H](NC(=O)OC(C)(C)C)CC1. The summed E-state index contributed by atoms with van der Waals surface area (Å²) >= 11 is 0. The molecule has 1 fully saturated rings. The lowest BCUT2D eigenvalue weighted by atomic mass is 9.83. The summed E-state index contributed by atoms with van der Waals surface area (Å²) in [7, 11) is 0. The zero-order valence-corrected chi connectivity index (χ0v) is 13.7. The van der Waals surface area contributed by atoms with Crippen molar-refractivity contribution in [1.82, 2.24) is 5.32 Å². The zero-order valence-electron chi connectivity index (χ0n) is 13.7. The van der Waals surface area contributed by atoms with E-state index in [-0.39, 0.29) is 18.1 Å². The van der Waals surface area contributed by atoms with Gasteiger partial charge in [0.05, 0.1) is 6.61 Å². The molecule has 21 heavy (non-hydrogen) atoms. The maximum Gasteiger partial charge on any atom is 0.407 e. The van der Waals surface area contributed by atoms with E-state index in [0.29, 0.717) is 18.9 Å². The Morgan fingerprint density at radius 1 is 1.14 bits per heavy atom. The molecule has 1 aliphatic carbocycles. The van der Waals surface area contributed by atoms with Crippen LogP contribution in [0.25, 0.3) is 0 Å². The second-order valence-corrected chi connectivity index (χ2v) is 6.71. The fourth-order valence-electron chi connectivity index (χ4n) is 2.62. The first-order chi connectivity index (χ1) is 9.80. The molecule has 1 N–H and O–H groups in total. The van der Waals surface area contributed by atoms with E-state index in [1.165, 1.54) is 0 Å². The molecule has 1 amide bonds. The van der Waals surface area contributed by atoms with Crippen molar-refractivity contribution >= 4 is 12.1 Å². The fourth-order valence-corrected chi connectivity index (χ4v) is 2.62. The molecule has 5 nitrogen and oxygen atoms in total. The second-order valence-electron chi connectivity index (χ2n) is 6.71. The molecule has 0 heterocycles. The number of rotatable bonds is 5. The number of esters is 1. The Morgan fingerprint density at radius 3 is 2.29 bits per heavy atom. The smallest absolute Gasteiger partial charge is 0.407 e. The molecular weight excluding hydrogens is 270 g/mol. The zero-order chi connectivity index (χ0) is 15.9. The van der Waals surface area contributed by atoms with Gasteiger partial charge in [0.25, 0.3) is 0 Å². The Balaban J connectivity index is 2.20. The van der Waals surface area contributed by atoms with E-state index in [1.54, 1.807) is 0 Å². The minimum absolute atomic E-state index is 0.105. The molecule has 0 spiro atoms. The summed E-state index contributed by atoms with van der Waals surface area (Å²) in [6, 6.07) is 0.193. The lowest BCUT2D eigenvalue weighted by molar-refractivity contribution is -0.143. The van der Waals surface area contributed by atoms with Gasteiger partial charge in [-0.05, 0) is 65.7 Å². The van der Waals surface area contributed by atoms with E-state index in [0.717, 1.165) is 32.1 Å². The number of alkyl carbamates (subject to hydrolysis) is 1. The normalized spacial score (nSPS) is 22.5. The Hall–Kier alpha value is -1.26. The topological polar surface area (TPSA) is 64.6 Å². The van der Waals surface area contributed by atoms with Crippen LogP contribution >= 0.6 is 0 Å². The van der Waals surface area contributed by atoms with Crippen molar-refractivity contribution in [3.05, 3.63) is 0 Å². The first-order valence-electron chi connectivity index (χ1n) is 7.95. The molecule has 0 aliphatic heterocycles. The molecule has 0 radical (unpaired) electrons. The fraction of sp³-hybridized carbons (Fsp3) is 0.875. The number of hydrogen-bond acceptors (Lipinski definition) is 4. The van der Waals surface area contributed by atoms with Gasteiger partial charge in [-0.3, -0.25) is 4.79 Å². The van der Waals surface area contributed by atoms with Crippen LogP contribution in [0, 0.1) is 5.92 Å². The molecule has 122 valence electrons. The van der Waals surface area contributed by atoms with Gasteiger partial charge < -0.3 is 14.8 Å². The molecule has 0 saturated heterocycles. The predicted octanol–water partition coefficient (Wildman–Crippen LogP) is 3.41. The van der Waals surface area contributed by atoms with Crippen molar-refractivity contribution in [2.45, 2.75) is 77.9 Å².